The van der Waals surface area contributed by atoms with E-state index in [-0.39, 0.29) is 9.92 Å². The maximum atomic E-state index is 13.0. The van der Waals surface area contributed by atoms with E-state index in [0.29, 0.717) is 31.2 Å². The van der Waals surface area contributed by atoms with Crippen molar-refractivity contribution in [2.75, 3.05) is 31.1 Å². The summed E-state index contributed by atoms with van der Waals surface area (Å²) >= 11 is 13.7. The van der Waals surface area contributed by atoms with E-state index in [0.717, 1.165) is 17.2 Å². The molecule has 0 N–H and O–H groups in total. The van der Waals surface area contributed by atoms with E-state index >= 15 is 0 Å². The first-order valence-electron chi connectivity index (χ1n) is 9.12. The van der Waals surface area contributed by atoms with E-state index in [2.05, 4.69) is 22.4 Å². The summed E-state index contributed by atoms with van der Waals surface area (Å²) in [5, 5.41) is 3.52. The molecule has 0 saturated carbocycles. The van der Waals surface area contributed by atoms with Gasteiger partial charge in [0.05, 0.1) is 10.7 Å². The molecule has 0 atom stereocenters. The zero-order valence-electron chi connectivity index (χ0n) is 15.5. The lowest BCUT2D eigenvalue weighted by molar-refractivity contribution is 0.384. The van der Waals surface area contributed by atoms with Crippen molar-refractivity contribution in [3.8, 4) is 0 Å². The molecule has 5 nitrogen and oxygen atoms in total. The Balaban J connectivity index is 1.42. The Morgan fingerprint density at radius 3 is 2.45 bits per heavy atom. The molecule has 0 amide bonds. The van der Waals surface area contributed by atoms with E-state index in [9.17, 15) is 8.42 Å². The summed E-state index contributed by atoms with van der Waals surface area (Å²) in [6.45, 7) is 1.91. The molecule has 0 radical (unpaired) electrons. The highest BCUT2D eigenvalue weighted by atomic mass is 35.5. The first kappa shape index (κ1) is 20.6. The molecule has 152 valence electrons. The van der Waals surface area contributed by atoms with Gasteiger partial charge in [0.2, 0.25) is 10.0 Å². The van der Waals surface area contributed by atoms with Crippen LogP contribution in [0.5, 0.6) is 0 Å². The molecule has 0 spiro atoms. The molecule has 0 unspecified atom stereocenters. The maximum absolute atomic E-state index is 13.0. The Bertz CT molecular complexity index is 1100. The van der Waals surface area contributed by atoms with E-state index in [1.54, 1.807) is 17.4 Å². The van der Waals surface area contributed by atoms with Crippen LogP contribution >= 0.6 is 34.5 Å². The van der Waals surface area contributed by atoms with Crippen molar-refractivity contribution >= 4 is 49.7 Å². The van der Waals surface area contributed by atoms with Crippen LogP contribution < -0.4 is 4.90 Å². The average Bonchev–Trinajstić information content (AvgIpc) is 3.19. The van der Waals surface area contributed by atoms with Crippen LogP contribution in [0.25, 0.3) is 0 Å². The third-order valence-corrected chi connectivity index (χ3v) is 8.35. The summed E-state index contributed by atoms with van der Waals surface area (Å²) in [5.41, 5.74) is 2.25. The van der Waals surface area contributed by atoms with Gasteiger partial charge in [-0.3, -0.25) is 0 Å². The summed E-state index contributed by atoms with van der Waals surface area (Å²) in [4.78, 5) is 6.92. The number of hydrogen-bond acceptors (Lipinski definition) is 5. The average molecular weight is 468 g/mol. The topological polar surface area (TPSA) is 53.5 Å². The van der Waals surface area contributed by atoms with Crippen LogP contribution in [0.1, 0.15) is 11.3 Å². The second kappa shape index (κ2) is 8.62. The molecule has 0 aliphatic carbocycles. The highest BCUT2D eigenvalue weighted by molar-refractivity contribution is 7.89. The van der Waals surface area contributed by atoms with Crippen LogP contribution in [0.15, 0.2) is 58.8 Å². The van der Waals surface area contributed by atoms with Crippen LogP contribution in [0, 0.1) is 0 Å². The number of nitrogens with zero attached hydrogens (tertiary/aromatic N) is 3. The molecule has 1 aliphatic heterocycles. The largest absolute Gasteiger partial charge is 0.345 e. The lowest BCUT2D eigenvalue weighted by atomic mass is 10.1. The molecule has 1 aliphatic rings. The lowest BCUT2D eigenvalue weighted by Gasteiger charge is -2.34. The highest BCUT2D eigenvalue weighted by Gasteiger charge is 2.31. The highest BCUT2D eigenvalue weighted by Crippen LogP contribution is 2.29. The van der Waals surface area contributed by atoms with Crippen molar-refractivity contribution in [1.29, 1.82) is 0 Å². The van der Waals surface area contributed by atoms with Crippen LogP contribution in [0.3, 0.4) is 0 Å². The number of piperazine rings is 1. The standard InChI is InChI=1S/C20H19Cl2N3O2S2/c21-16-6-7-18(22)19(13-16)29(26,27)25-10-8-24(9-11-25)20-23-17(14-28-20)12-15-4-2-1-3-5-15/h1-7,13-14H,8-12H2. The molecule has 0 bridgehead atoms. The first-order chi connectivity index (χ1) is 13.9. The number of thiazole rings is 1. The van der Waals surface area contributed by atoms with Crippen LogP contribution in [-0.2, 0) is 16.4 Å². The molecule has 1 saturated heterocycles. The van der Waals surface area contributed by atoms with Gasteiger partial charge in [0, 0.05) is 43.0 Å². The van der Waals surface area contributed by atoms with Crippen molar-refractivity contribution < 1.29 is 8.42 Å². The lowest BCUT2D eigenvalue weighted by Crippen LogP contribution is -2.48. The Morgan fingerprint density at radius 2 is 1.72 bits per heavy atom. The summed E-state index contributed by atoms with van der Waals surface area (Å²) in [6.07, 6.45) is 0.791. The fourth-order valence-electron chi connectivity index (χ4n) is 3.26. The van der Waals surface area contributed by atoms with Gasteiger partial charge in [-0.25, -0.2) is 13.4 Å². The van der Waals surface area contributed by atoms with E-state index < -0.39 is 10.0 Å². The van der Waals surface area contributed by atoms with Crippen molar-refractivity contribution in [1.82, 2.24) is 9.29 Å². The normalized spacial score (nSPS) is 15.6. The molecular formula is C20H19Cl2N3O2S2. The number of halogens is 2. The number of anilines is 1. The van der Waals surface area contributed by atoms with Gasteiger partial charge in [-0.1, -0.05) is 53.5 Å². The number of hydrogen-bond donors (Lipinski definition) is 0. The van der Waals surface area contributed by atoms with Gasteiger partial charge in [0.1, 0.15) is 4.90 Å². The maximum Gasteiger partial charge on any atom is 0.244 e. The number of sulfonamides is 1. The minimum absolute atomic E-state index is 0.0551. The van der Waals surface area contributed by atoms with Gasteiger partial charge < -0.3 is 4.90 Å². The predicted octanol–water partition coefficient (Wildman–Crippen LogP) is 4.55. The predicted molar refractivity (Wildman–Crippen MR) is 119 cm³/mol. The van der Waals surface area contributed by atoms with Gasteiger partial charge >= 0.3 is 0 Å². The Labute approximate surface area is 184 Å². The number of benzene rings is 2. The zero-order chi connectivity index (χ0) is 20.4. The molecular weight excluding hydrogens is 449 g/mol. The quantitative estimate of drug-likeness (QED) is 0.551. The molecule has 9 heteroatoms. The van der Waals surface area contributed by atoms with Gasteiger partial charge in [0.15, 0.2) is 5.13 Å². The van der Waals surface area contributed by atoms with E-state index in [1.807, 2.05) is 18.2 Å². The van der Waals surface area contributed by atoms with Gasteiger partial charge in [-0.05, 0) is 23.8 Å². The van der Waals surface area contributed by atoms with Gasteiger partial charge in [-0.2, -0.15) is 4.31 Å². The molecule has 29 heavy (non-hydrogen) atoms. The SMILES string of the molecule is O=S(=O)(c1cc(Cl)ccc1Cl)N1CCN(c2nc(Cc3ccccc3)cs2)CC1. The minimum atomic E-state index is -3.68. The van der Waals surface area contributed by atoms with Gasteiger partial charge in [-0.15, -0.1) is 11.3 Å². The Hall–Kier alpha value is -1.64. The molecule has 2 aromatic carbocycles. The van der Waals surface area contributed by atoms with E-state index in [4.69, 9.17) is 28.2 Å². The van der Waals surface area contributed by atoms with Gasteiger partial charge in [0.25, 0.3) is 0 Å². The fourth-order valence-corrected chi connectivity index (χ4v) is 6.30. The zero-order valence-corrected chi connectivity index (χ0v) is 18.6. The molecule has 1 fully saturated rings. The van der Waals surface area contributed by atoms with E-state index in [1.165, 1.54) is 22.0 Å². The van der Waals surface area contributed by atoms with Crippen LogP contribution in [0.2, 0.25) is 10.0 Å². The Morgan fingerprint density at radius 1 is 1.00 bits per heavy atom. The number of aromatic nitrogens is 1. The van der Waals surface area contributed by atoms with Crippen molar-refractivity contribution in [2.24, 2.45) is 0 Å². The van der Waals surface area contributed by atoms with Crippen molar-refractivity contribution in [2.45, 2.75) is 11.3 Å². The van der Waals surface area contributed by atoms with Crippen LogP contribution in [0.4, 0.5) is 5.13 Å². The van der Waals surface area contributed by atoms with Crippen molar-refractivity contribution in [3.05, 3.63) is 75.2 Å². The first-order valence-corrected chi connectivity index (χ1v) is 12.2. The molecule has 1 aromatic heterocycles. The van der Waals surface area contributed by atoms with Crippen molar-refractivity contribution in [3.63, 3.8) is 0 Å². The summed E-state index contributed by atoms with van der Waals surface area (Å²) in [7, 11) is -3.68. The summed E-state index contributed by atoms with van der Waals surface area (Å²) < 4.78 is 27.4. The molecule has 3 aromatic rings. The molecule has 4 rings (SSSR count). The number of rotatable bonds is 5. The smallest absolute Gasteiger partial charge is 0.244 e. The third-order valence-electron chi connectivity index (χ3n) is 4.79. The summed E-state index contributed by atoms with van der Waals surface area (Å²) in [5.74, 6) is 0. The molecule has 2 heterocycles. The minimum Gasteiger partial charge on any atom is -0.345 e. The van der Waals surface area contributed by atoms with Crippen LogP contribution in [-0.4, -0.2) is 43.9 Å². The fraction of sp³-hybridized carbons (Fsp3) is 0.250. The second-order valence-electron chi connectivity index (χ2n) is 6.75. The Kier molecular flexibility index (Phi) is 6.13. The monoisotopic (exact) mass is 467 g/mol. The summed E-state index contributed by atoms with van der Waals surface area (Å²) in [6, 6.07) is 14.7. The second-order valence-corrected chi connectivity index (χ2v) is 10.3. The third kappa shape index (κ3) is 4.59.